The Morgan fingerprint density at radius 3 is 2.71 bits per heavy atom. The van der Waals surface area contributed by atoms with E-state index in [1.54, 1.807) is 12.1 Å². The Hall–Kier alpha value is -0.340. The zero-order valence-electron chi connectivity index (χ0n) is 8.18. The third-order valence-electron chi connectivity index (χ3n) is 2.07. The van der Waals surface area contributed by atoms with Crippen LogP contribution in [0.5, 0.6) is 0 Å². The van der Waals surface area contributed by atoms with Crippen molar-refractivity contribution in [1.82, 2.24) is 0 Å². The molecule has 1 unspecified atom stereocenters. The molecule has 3 heteroatoms. The standard InChI is InChI=1S/C11H12BrClO/c1-3-8-6-9(4-5-10(8)13)11(14)7(2)12/h4-7H,3H2,1-2H3. The lowest BCUT2D eigenvalue weighted by Crippen LogP contribution is -2.10. The van der Waals surface area contributed by atoms with Crippen LogP contribution >= 0.6 is 27.5 Å². The molecule has 1 atom stereocenters. The first kappa shape index (κ1) is 11.7. The minimum absolute atomic E-state index is 0.0939. The minimum Gasteiger partial charge on any atom is -0.293 e. The number of hydrogen-bond acceptors (Lipinski definition) is 1. The first-order valence-electron chi connectivity index (χ1n) is 4.53. The molecule has 0 amide bonds. The number of carbonyl (C=O) groups excluding carboxylic acids is 1. The van der Waals surface area contributed by atoms with E-state index >= 15 is 0 Å². The molecule has 0 aliphatic carbocycles. The van der Waals surface area contributed by atoms with E-state index in [1.807, 2.05) is 19.9 Å². The van der Waals surface area contributed by atoms with Crippen LogP contribution in [-0.4, -0.2) is 10.6 Å². The van der Waals surface area contributed by atoms with Crippen molar-refractivity contribution < 1.29 is 4.79 Å². The van der Waals surface area contributed by atoms with E-state index < -0.39 is 0 Å². The summed E-state index contributed by atoms with van der Waals surface area (Å²) in [5.74, 6) is 0.0939. The number of rotatable bonds is 3. The van der Waals surface area contributed by atoms with Crippen LogP contribution in [0.1, 0.15) is 29.8 Å². The van der Waals surface area contributed by atoms with E-state index in [2.05, 4.69) is 15.9 Å². The molecule has 0 spiro atoms. The molecule has 76 valence electrons. The molecule has 0 aromatic heterocycles. The number of Topliss-reactive ketones (excluding diaryl/α,β-unsaturated/α-hetero) is 1. The van der Waals surface area contributed by atoms with Crippen LogP contribution in [0.25, 0.3) is 0 Å². The number of ketones is 1. The maximum atomic E-state index is 11.6. The van der Waals surface area contributed by atoms with Gasteiger partial charge in [-0.05, 0) is 37.1 Å². The van der Waals surface area contributed by atoms with Gasteiger partial charge in [0.25, 0.3) is 0 Å². The van der Waals surface area contributed by atoms with Crippen LogP contribution in [0.4, 0.5) is 0 Å². The van der Waals surface area contributed by atoms with Crippen molar-refractivity contribution in [2.45, 2.75) is 25.1 Å². The van der Waals surface area contributed by atoms with Crippen LogP contribution in [-0.2, 0) is 6.42 Å². The fraction of sp³-hybridized carbons (Fsp3) is 0.364. The summed E-state index contributed by atoms with van der Waals surface area (Å²) in [5.41, 5.74) is 1.74. The monoisotopic (exact) mass is 274 g/mol. The number of benzene rings is 1. The summed E-state index contributed by atoms with van der Waals surface area (Å²) in [6.07, 6.45) is 0.844. The quantitative estimate of drug-likeness (QED) is 0.604. The summed E-state index contributed by atoms with van der Waals surface area (Å²) < 4.78 is 0. The van der Waals surface area contributed by atoms with Gasteiger partial charge in [-0.2, -0.15) is 0 Å². The first-order valence-corrected chi connectivity index (χ1v) is 5.82. The zero-order chi connectivity index (χ0) is 10.7. The SMILES string of the molecule is CCc1cc(C(=O)C(C)Br)ccc1Cl. The second-order valence-electron chi connectivity index (χ2n) is 3.14. The molecule has 0 bridgehead atoms. The topological polar surface area (TPSA) is 17.1 Å². The molecule has 1 rings (SSSR count). The molecule has 0 saturated heterocycles. The van der Waals surface area contributed by atoms with Crippen molar-refractivity contribution in [2.24, 2.45) is 0 Å². The molecule has 0 aliphatic heterocycles. The number of aryl methyl sites for hydroxylation is 1. The van der Waals surface area contributed by atoms with Gasteiger partial charge in [-0.25, -0.2) is 0 Å². The number of hydrogen-bond donors (Lipinski definition) is 0. The van der Waals surface area contributed by atoms with Crippen molar-refractivity contribution in [1.29, 1.82) is 0 Å². The van der Waals surface area contributed by atoms with E-state index in [1.165, 1.54) is 0 Å². The third-order valence-corrected chi connectivity index (χ3v) is 2.86. The Morgan fingerprint density at radius 2 is 2.21 bits per heavy atom. The van der Waals surface area contributed by atoms with Crippen LogP contribution in [0.3, 0.4) is 0 Å². The van der Waals surface area contributed by atoms with Crippen LogP contribution < -0.4 is 0 Å². The molecule has 1 aromatic rings. The van der Waals surface area contributed by atoms with Gasteiger partial charge >= 0.3 is 0 Å². The summed E-state index contributed by atoms with van der Waals surface area (Å²) in [4.78, 5) is 11.5. The highest BCUT2D eigenvalue weighted by Gasteiger charge is 2.12. The normalized spacial score (nSPS) is 12.6. The van der Waals surface area contributed by atoms with E-state index in [4.69, 9.17) is 11.6 Å². The van der Waals surface area contributed by atoms with E-state index in [0.717, 1.165) is 22.6 Å². The number of carbonyl (C=O) groups is 1. The Balaban J connectivity index is 3.06. The fourth-order valence-corrected chi connectivity index (χ4v) is 1.74. The molecule has 0 radical (unpaired) electrons. The number of halogens is 2. The van der Waals surface area contributed by atoms with Crippen molar-refractivity contribution in [2.75, 3.05) is 0 Å². The van der Waals surface area contributed by atoms with E-state index in [0.29, 0.717) is 0 Å². The van der Waals surface area contributed by atoms with Crippen molar-refractivity contribution in [3.8, 4) is 0 Å². The minimum atomic E-state index is -0.145. The van der Waals surface area contributed by atoms with Crippen LogP contribution in [0.15, 0.2) is 18.2 Å². The van der Waals surface area contributed by atoms with Gasteiger partial charge < -0.3 is 0 Å². The lowest BCUT2D eigenvalue weighted by atomic mass is 10.0. The Labute approximate surface area is 97.6 Å². The summed E-state index contributed by atoms with van der Waals surface area (Å²) in [6.45, 7) is 3.84. The van der Waals surface area contributed by atoms with Gasteiger partial charge in [-0.15, -0.1) is 0 Å². The van der Waals surface area contributed by atoms with Gasteiger partial charge in [0.1, 0.15) is 0 Å². The van der Waals surface area contributed by atoms with Gasteiger partial charge in [0, 0.05) is 10.6 Å². The maximum absolute atomic E-state index is 11.6. The average Bonchev–Trinajstić information content (AvgIpc) is 2.17. The fourth-order valence-electron chi connectivity index (χ4n) is 1.23. The van der Waals surface area contributed by atoms with E-state index in [9.17, 15) is 4.79 Å². The second-order valence-corrected chi connectivity index (χ2v) is 4.92. The van der Waals surface area contributed by atoms with Gasteiger partial charge in [0.2, 0.25) is 0 Å². The molecule has 0 saturated carbocycles. The Morgan fingerprint density at radius 1 is 1.57 bits per heavy atom. The Kier molecular flexibility index (Phi) is 4.14. The van der Waals surface area contributed by atoms with Gasteiger partial charge in [-0.3, -0.25) is 4.79 Å². The van der Waals surface area contributed by atoms with E-state index in [-0.39, 0.29) is 10.6 Å². The molecule has 1 aromatic carbocycles. The molecule has 14 heavy (non-hydrogen) atoms. The molecule has 0 N–H and O–H groups in total. The van der Waals surface area contributed by atoms with Crippen LogP contribution in [0.2, 0.25) is 5.02 Å². The molecule has 1 nitrogen and oxygen atoms in total. The molecule has 0 fully saturated rings. The second kappa shape index (κ2) is 4.94. The lowest BCUT2D eigenvalue weighted by molar-refractivity contribution is 0.0996. The largest absolute Gasteiger partial charge is 0.293 e. The highest BCUT2D eigenvalue weighted by atomic mass is 79.9. The highest BCUT2D eigenvalue weighted by molar-refractivity contribution is 9.10. The van der Waals surface area contributed by atoms with Crippen molar-refractivity contribution in [3.05, 3.63) is 34.3 Å². The predicted molar refractivity (Wildman–Crippen MR) is 63.5 cm³/mol. The molecule has 0 heterocycles. The first-order chi connectivity index (χ1) is 6.56. The molecular formula is C11H12BrClO. The smallest absolute Gasteiger partial charge is 0.176 e. The van der Waals surface area contributed by atoms with Gasteiger partial charge in [0.15, 0.2) is 5.78 Å². The van der Waals surface area contributed by atoms with Gasteiger partial charge in [-0.1, -0.05) is 34.5 Å². The molecular weight excluding hydrogens is 263 g/mol. The predicted octanol–water partition coefficient (Wildman–Crippen LogP) is 3.87. The Bertz CT molecular complexity index is 347. The third kappa shape index (κ3) is 2.58. The summed E-state index contributed by atoms with van der Waals surface area (Å²) in [7, 11) is 0. The van der Waals surface area contributed by atoms with Crippen LogP contribution in [0, 0.1) is 0 Å². The summed E-state index contributed by atoms with van der Waals surface area (Å²) in [6, 6.07) is 5.41. The highest BCUT2D eigenvalue weighted by Crippen LogP contribution is 2.20. The van der Waals surface area contributed by atoms with Crippen molar-refractivity contribution >= 4 is 33.3 Å². The zero-order valence-corrected chi connectivity index (χ0v) is 10.5. The lowest BCUT2D eigenvalue weighted by Gasteiger charge is -2.06. The maximum Gasteiger partial charge on any atom is 0.176 e. The average molecular weight is 276 g/mol. The summed E-state index contributed by atoms with van der Waals surface area (Å²) >= 11 is 9.22. The summed E-state index contributed by atoms with van der Waals surface area (Å²) in [5, 5.41) is 0.728. The number of alkyl halides is 1. The van der Waals surface area contributed by atoms with Gasteiger partial charge in [0.05, 0.1) is 4.83 Å². The van der Waals surface area contributed by atoms with Crippen molar-refractivity contribution in [3.63, 3.8) is 0 Å². The molecule has 0 aliphatic rings.